The van der Waals surface area contributed by atoms with Gasteiger partial charge in [-0.1, -0.05) is 18.9 Å². The van der Waals surface area contributed by atoms with Crippen LogP contribution < -0.4 is 10.6 Å². The zero-order valence-electron chi connectivity index (χ0n) is 10.3. The SMILES string of the molecule is N#Cc1cccc(N(CC(N)=O)C2CCCC2)c1. The summed E-state index contributed by atoms with van der Waals surface area (Å²) < 4.78 is 0. The van der Waals surface area contributed by atoms with Crippen LogP contribution in [0.15, 0.2) is 24.3 Å². The standard InChI is InChI=1S/C14H17N3O/c15-9-11-4-3-7-13(8-11)17(10-14(16)18)12-5-1-2-6-12/h3-4,7-8,12H,1-2,5-6,10H2,(H2,16,18). The molecule has 1 amide bonds. The molecular formula is C14H17N3O. The fourth-order valence-electron chi connectivity index (χ4n) is 2.57. The molecule has 0 saturated heterocycles. The van der Waals surface area contributed by atoms with Crippen LogP contribution in [0.25, 0.3) is 0 Å². The molecule has 0 spiro atoms. The lowest BCUT2D eigenvalue weighted by molar-refractivity contribution is -0.116. The third kappa shape index (κ3) is 2.80. The van der Waals surface area contributed by atoms with Gasteiger partial charge in [-0.3, -0.25) is 4.79 Å². The molecule has 0 radical (unpaired) electrons. The van der Waals surface area contributed by atoms with Crippen LogP contribution in [0, 0.1) is 11.3 Å². The Morgan fingerprint density at radius 3 is 2.78 bits per heavy atom. The molecule has 2 N–H and O–H groups in total. The van der Waals surface area contributed by atoms with E-state index in [9.17, 15) is 4.79 Å². The summed E-state index contributed by atoms with van der Waals surface area (Å²) in [5.74, 6) is -0.329. The van der Waals surface area contributed by atoms with E-state index in [0.717, 1.165) is 18.5 Å². The Morgan fingerprint density at radius 1 is 1.44 bits per heavy atom. The second-order valence-electron chi connectivity index (χ2n) is 4.69. The molecule has 1 aromatic rings. The number of hydrogen-bond donors (Lipinski definition) is 1. The molecule has 4 heteroatoms. The minimum absolute atomic E-state index is 0.222. The number of carbonyl (C=O) groups is 1. The van der Waals surface area contributed by atoms with Crippen LogP contribution in [0.3, 0.4) is 0 Å². The van der Waals surface area contributed by atoms with E-state index < -0.39 is 0 Å². The number of anilines is 1. The van der Waals surface area contributed by atoms with Gasteiger partial charge in [0.05, 0.1) is 18.2 Å². The first-order chi connectivity index (χ1) is 8.70. The molecule has 2 rings (SSSR count). The lowest BCUT2D eigenvalue weighted by atomic mass is 10.1. The van der Waals surface area contributed by atoms with Crippen molar-refractivity contribution in [2.75, 3.05) is 11.4 Å². The number of hydrogen-bond acceptors (Lipinski definition) is 3. The van der Waals surface area contributed by atoms with Gasteiger partial charge in [0.15, 0.2) is 0 Å². The molecule has 0 aromatic heterocycles. The van der Waals surface area contributed by atoms with Crippen molar-refractivity contribution < 1.29 is 4.79 Å². The van der Waals surface area contributed by atoms with Gasteiger partial charge in [0.2, 0.25) is 5.91 Å². The number of primary amides is 1. The maximum atomic E-state index is 11.2. The first-order valence-electron chi connectivity index (χ1n) is 6.26. The fraction of sp³-hybridized carbons (Fsp3) is 0.429. The minimum Gasteiger partial charge on any atom is -0.368 e. The molecule has 1 aromatic carbocycles. The Morgan fingerprint density at radius 2 is 2.17 bits per heavy atom. The van der Waals surface area contributed by atoms with Gasteiger partial charge in [0.25, 0.3) is 0 Å². The molecule has 1 aliphatic carbocycles. The normalized spacial score (nSPS) is 15.3. The van der Waals surface area contributed by atoms with E-state index >= 15 is 0 Å². The highest BCUT2D eigenvalue weighted by Crippen LogP contribution is 2.28. The first kappa shape index (κ1) is 12.4. The summed E-state index contributed by atoms with van der Waals surface area (Å²) in [4.78, 5) is 13.2. The number of amides is 1. The zero-order valence-corrected chi connectivity index (χ0v) is 10.3. The number of carbonyl (C=O) groups excluding carboxylic acids is 1. The predicted molar refractivity (Wildman–Crippen MR) is 70.0 cm³/mol. The first-order valence-corrected chi connectivity index (χ1v) is 6.26. The van der Waals surface area contributed by atoms with E-state index in [1.165, 1.54) is 12.8 Å². The predicted octanol–water partition coefficient (Wildman–Crippen LogP) is 1.79. The van der Waals surface area contributed by atoms with E-state index in [1.807, 2.05) is 23.1 Å². The number of nitrogens with two attached hydrogens (primary N) is 1. The average molecular weight is 243 g/mol. The topological polar surface area (TPSA) is 70.1 Å². The lowest BCUT2D eigenvalue weighted by Gasteiger charge is -2.30. The maximum Gasteiger partial charge on any atom is 0.236 e. The molecule has 18 heavy (non-hydrogen) atoms. The molecular weight excluding hydrogens is 226 g/mol. The summed E-state index contributed by atoms with van der Waals surface area (Å²) in [6.45, 7) is 0.222. The largest absolute Gasteiger partial charge is 0.368 e. The molecule has 4 nitrogen and oxygen atoms in total. The van der Waals surface area contributed by atoms with Crippen LogP contribution in [0.5, 0.6) is 0 Å². The van der Waals surface area contributed by atoms with Crippen molar-refractivity contribution in [3.8, 4) is 6.07 Å². The Balaban J connectivity index is 2.26. The Labute approximate surface area is 107 Å². The summed E-state index contributed by atoms with van der Waals surface area (Å²) >= 11 is 0. The van der Waals surface area contributed by atoms with Crippen molar-refractivity contribution in [1.29, 1.82) is 5.26 Å². The van der Waals surface area contributed by atoms with E-state index in [1.54, 1.807) is 6.07 Å². The van der Waals surface area contributed by atoms with Crippen molar-refractivity contribution in [1.82, 2.24) is 0 Å². The number of rotatable bonds is 4. The second-order valence-corrected chi connectivity index (χ2v) is 4.69. The zero-order chi connectivity index (χ0) is 13.0. The smallest absolute Gasteiger partial charge is 0.236 e. The summed E-state index contributed by atoms with van der Waals surface area (Å²) in [7, 11) is 0. The fourth-order valence-corrected chi connectivity index (χ4v) is 2.57. The third-order valence-corrected chi connectivity index (χ3v) is 3.40. The van der Waals surface area contributed by atoms with E-state index in [0.29, 0.717) is 11.6 Å². The average Bonchev–Trinajstić information content (AvgIpc) is 2.89. The molecule has 0 heterocycles. The van der Waals surface area contributed by atoms with Crippen LogP contribution in [-0.2, 0) is 4.79 Å². The van der Waals surface area contributed by atoms with Gasteiger partial charge in [-0.15, -0.1) is 0 Å². The van der Waals surface area contributed by atoms with Crippen molar-refractivity contribution in [3.63, 3.8) is 0 Å². The molecule has 0 bridgehead atoms. The number of benzene rings is 1. The van der Waals surface area contributed by atoms with Gasteiger partial charge in [-0.25, -0.2) is 0 Å². The molecule has 1 saturated carbocycles. The maximum absolute atomic E-state index is 11.2. The molecule has 94 valence electrons. The van der Waals surface area contributed by atoms with Gasteiger partial charge >= 0.3 is 0 Å². The third-order valence-electron chi connectivity index (χ3n) is 3.40. The second kappa shape index (κ2) is 5.54. The lowest BCUT2D eigenvalue weighted by Crippen LogP contribution is -2.40. The van der Waals surface area contributed by atoms with Crippen LogP contribution in [0.4, 0.5) is 5.69 Å². The Kier molecular flexibility index (Phi) is 3.83. The van der Waals surface area contributed by atoms with Gasteiger partial charge < -0.3 is 10.6 Å². The van der Waals surface area contributed by atoms with E-state index in [2.05, 4.69) is 6.07 Å². The molecule has 0 unspecified atom stereocenters. The summed E-state index contributed by atoms with van der Waals surface area (Å²) in [6.07, 6.45) is 4.56. The van der Waals surface area contributed by atoms with Gasteiger partial charge in [0, 0.05) is 11.7 Å². The van der Waals surface area contributed by atoms with Crippen molar-refractivity contribution in [2.24, 2.45) is 5.73 Å². The van der Waals surface area contributed by atoms with Crippen LogP contribution in [0.1, 0.15) is 31.2 Å². The highest BCUT2D eigenvalue weighted by atomic mass is 16.1. The minimum atomic E-state index is -0.329. The Bertz CT molecular complexity index is 472. The van der Waals surface area contributed by atoms with Crippen molar-refractivity contribution in [3.05, 3.63) is 29.8 Å². The summed E-state index contributed by atoms with van der Waals surface area (Å²) in [6, 6.07) is 9.85. The van der Waals surface area contributed by atoms with E-state index in [4.69, 9.17) is 11.0 Å². The monoisotopic (exact) mass is 243 g/mol. The van der Waals surface area contributed by atoms with Crippen LogP contribution >= 0.6 is 0 Å². The van der Waals surface area contributed by atoms with Crippen LogP contribution in [0.2, 0.25) is 0 Å². The quantitative estimate of drug-likeness (QED) is 0.876. The molecule has 0 atom stereocenters. The highest BCUT2D eigenvalue weighted by Gasteiger charge is 2.24. The highest BCUT2D eigenvalue weighted by molar-refractivity contribution is 5.79. The summed E-state index contributed by atoms with van der Waals surface area (Å²) in [5.41, 5.74) is 6.85. The summed E-state index contributed by atoms with van der Waals surface area (Å²) in [5, 5.41) is 8.93. The van der Waals surface area contributed by atoms with Crippen molar-refractivity contribution >= 4 is 11.6 Å². The molecule has 0 aliphatic heterocycles. The number of nitriles is 1. The van der Waals surface area contributed by atoms with Crippen molar-refractivity contribution in [2.45, 2.75) is 31.7 Å². The van der Waals surface area contributed by atoms with Crippen LogP contribution in [-0.4, -0.2) is 18.5 Å². The Hall–Kier alpha value is -2.02. The number of nitrogens with zero attached hydrogens (tertiary/aromatic N) is 2. The van der Waals surface area contributed by atoms with Gasteiger partial charge in [0.1, 0.15) is 0 Å². The van der Waals surface area contributed by atoms with Gasteiger partial charge in [-0.05, 0) is 31.0 Å². The van der Waals surface area contributed by atoms with E-state index in [-0.39, 0.29) is 12.5 Å². The molecule has 1 fully saturated rings. The molecule has 1 aliphatic rings. The van der Waals surface area contributed by atoms with Gasteiger partial charge in [-0.2, -0.15) is 5.26 Å².